The number of nitrogens with two attached hydrogens (primary N) is 2. The molecule has 11 nitrogen and oxygen atoms in total. The lowest BCUT2D eigenvalue weighted by Crippen LogP contribution is -2.55. The molecule has 4 amide bonds. The van der Waals surface area contributed by atoms with E-state index < -0.39 is 41.7 Å². The monoisotopic (exact) mass is 469 g/mol. The molecule has 0 aliphatic heterocycles. The minimum atomic E-state index is -0.930. The van der Waals surface area contributed by atoms with Crippen LogP contribution in [0.2, 0.25) is 0 Å². The van der Waals surface area contributed by atoms with Gasteiger partial charge < -0.3 is 32.5 Å². The van der Waals surface area contributed by atoms with Crippen LogP contribution in [0.3, 0.4) is 0 Å². The Balaban J connectivity index is 0.00000220. The van der Waals surface area contributed by atoms with Crippen LogP contribution in [0.25, 0.3) is 0 Å². The SMILES string of the molecule is CC(=O)O.CSCC[C@H](NC(=O)[C@H](Cc1ccccc1)NC(=O)CNC(=O)CN)C(N)=O. The third-order valence-electron chi connectivity index (χ3n) is 3.84. The smallest absolute Gasteiger partial charge is 0.300 e. The summed E-state index contributed by atoms with van der Waals surface area (Å²) < 4.78 is 0. The third-order valence-corrected chi connectivity index (χ3v) is 4.48. The molecule has 12 heteroatoms. The molecule has 1 rings (SSSR count). The summed E-state index contributed by atoms with van der Waals surface area (Å²) in [7, 11) is 0. The predicted molar refractivity (Wildman–Crippen MR) is 122 cm³/mol. The summed E-state index contributed by atoms with van der Waals surface area (Å²) in [5, 5.41) is 14.9. The molecule has 0 aliphatic rings. The van der Waals surface area contributed by atoms with Gasteiger partial charge in [-0.05, 0) is 24.0 Å². The Morgan fingerprint density at radius 2 is 1.62 bits per heavy atom. The summed E-state index contributed by atoms with van der Waals surface area (Å²) in [5.74, 6) is -2.37. The normalized spacial score (nSPS) is 11.7. The van der Waals surface area contributed by atoms with Crippen molar-refractivity contribution in [3.8, 4) is 0 Å². The second kappa shape index (κ2) is 16.6. The molecule has 0 unspecified atom stereocenters. The van der Waals surface area contributed by atoms with Crippen molar-refractivity contribution in [3.63, 3.8) is 0 Å². The van der Waals surface area contributed by atoms with E-state index in [1.165, 1.54) is 11.8 Å². The van der Waals surface area contributed by atoms with Crippen molar-refractivity contribution in [2.45, 2.75) is 31.8 Å². The van der Waals surface area contributed by atoms with E-state index >= 15 is 0 Å². The fraction of sp³-hybridized carbons (Fsp3) is 0.450. The Kier molecular flexibility index (Phi) is 14.9. The molecule has 0 heterocycles. The van der Waals surface area contributed by atoms with Gasteiger partial charge in [-0.2, -0.15) is 11.8 Å². The highest BCUT2D eigenvalue weighted by atomic mass is 32.2. The number of carboxylic acid groups (broad SMARTS) is 1. The van der Waals surface area contributed by atoms with Crippen molar-refractivity contribution in [1.29, 1.82) is 0 Å². The lowest BCUT2D eigenvalue weighted by Gasteiger charge is -2.22. The number of hydrogen-bond donors (Lipinski definition) is 6. The highest BCUT2D eigenvalue weighted by molar-refractivity contribution is 7.98. The van der Waals surface area contributed by atoms with Crippen LogP contribution in [0.5, 0.6) is 0 Å². The predicted octanol–water partition coefficient (Wildman–Crippen LogP) is -1.40. The summed E-state index contributed by atoms with van der Waals surface area (Å²) >= 11 is 1.53. The number of benzene rings is 1. The highest BCUT2D eigenvalue weighted by Crippen LogP contribution is 2.06. The molecule has 2 atom stereocenters. The molecular formula is C20H31N5O6S. The van der Waals surface area contributed by atoms with Gasteiger partial charge in [-0.3, -0.25) is 24.0 Å². The minimum absolute atomic E-state index is 0.220. The first-order chi connectivity index (χ1) is 15.1. The van der Waals surface area contributed by atoms with Gasteiger partial charge in [0, 0.05) is 13.3 Å². The standard InChI is InChI=1S/C18H27N5O4S.C2H4O2/c1-28-8-7-13(17(20)26)23-18(27)14(9-12-5-3-2-4-6-12)22-16(25)11-21-15(24)10-19;1-2(3)4/h2-6,13-14H,7-11,19H2,1H3,(H2,20,26)(H,21,24)(H,22,25)(H,23,27);1H3,(H,3,4)/t13-,14-;/m0./s1. The fourth-order valence-corrected chi connectivity index (χ4v) is 2.82. The molecule has 8 N–H and O–H groups in total. The van der Waals surface area contributed by atoms with Gasteiger partial charge in [0.2, 0.25) is 23.6 Å². The van der Waals surface area contributed by atoms with Crippen LogP contribution >= 0.6 is 11.8 Å². The van der Waals surface area contributed by atoms with Crippen molar-refractivity contribution in [1.82, 2.24) is 16.0 Å². The van der Waals surface area contributed by atoms with Gasteiger partial charge >= 0.3 is 0 Å². The second-order valence-electron chi connectivity index (χ2n) is 6.55. The Morgan fingerprint density at radius 1 is 1.03 bits per heavy atom. The van der Waals surface area contributed by atoms with E-state index in [0.29, 0.717) is 12.2 Å². The zero-order chi connectivity index (χ0) is 24.5. The van der Waals surface area contributed by atoms with Crippen molar-refractivity contribution in [2.24, 2.45) is 11.5 Å². The minimum Gasteiger partial charge on any atom is -0.481 e. The summed E-state index contributed by atoms with van der Waals surface area (Å²) in [4.78, 5) is 56.6. The number of aliphatic carboxylic acids is 1. The molecule has 0 spiro atoms. The van der Waals surface area contributed by atoms with E-state index in [9.17, 15) is 19.2 Å². The van der Waals surface area contributed by atoms with Crippen LogP contribution < -0.4 is 27.4 Å². The van der Waals surface area contributed by atoms with Gasteiger partial charge in [-0.15, -0.1) is 0 Å². The quantitative estimate of drug-likeness (QED) is 0.215. The van der Waals surface area contributed by atoms with E-state index in [0.717, 1.165) is 12.5 Å². The first-order valence-electron chi connectivity index (χ1n) is 9.68. The molecule has 1 aromatic rings. The number of rotatable bonds is 12. The van der Waals surface area contributed by atoms with E-state index in [-0.39, 0.29) is 19.5 Å². The summed E-state index contributed by atoms with van der Waals surface area (Å²) in [5.41, 5.74) is 11.4. The fourth-order valence-electron chi connectivity index (χ4n) is 2.35. The topological polar surface area (TPSA) is 194 Å². The maximum absolute atomic E-state index is 12.7. The highest BCUT2D eigenvalue weighted by Gasteiger charge is 2.25. The number of amides is 4. The van der Waals surface area contributed by atoms with Gasteiger partial charge in [-0.25, -0.2) is 0 Å². The summed E-state index contributed by atoms with van der Waals surface area (Å²) in [6, 6.07) is 7.36. The molecular weight excluding hydrogens is 438 g/mol. The molecule has 0 aromatic heterocycles. The lowest BCUT2D eigenvalue weighted by atomic mass is 10.0. The van der Waals surface area contributed by atoms with Crippen LogP contribution in [0, 0.1) is 0 Å². The number of nitrogens with one attached hydrogen (secondary N) is 3. The number of thioether (sulfide) groups is 1. The number of carboxylic acids is 1. The average Bonchev–Trinajstić information content (AvgIpc) is 2.74. The van der Waals surface area contributed by atoms with E-state index in [1.807, 2.05) is 36.6 Å². The number of carbonyl (C=O) groups excluding carboxylic acids is 4. The largest absolute Gasteiger partial charge is 0.481 e. The van der Waals surface area contributed by atoms with Crippen LogP contribution in [0.15, 0.2) is 30.3 Å². The van der Waals surface area contributed by atoms with E-state index in [2.05, 4.69) is 16.0 Å². The Labute approximate surface area is 191 Å². The summed E-state index contributed by atoms with van der Waals surface area (Å²) in [6.45, 7) is 0.539. The second-order valence-corrected chi connectivity index (χ2v) is 7.54. The van der Waals surface area contributed by atoms with Crippen LogP contribution in [-0.4, -0.2) is 71.9 Å². The molecule has 0 fully saturated rings. The Hall–Kier alpha value is -3.12. The molecule has 0 radical (unpaired) electrons. The molecule has 32 heavy (non-hydrogen) atoms. The van der Waals surface area contributed by atoms with Gasteiger partial charge in [0.25, 0.3) is 5.97 Å². The van der Waals surface area contributed by atoms with Crippen LogP contribution in [-0.2, 0) is 30.4 Å². The number of primary amides is 1. The third kappa shape index (κ3) is 14.0. The van der Waals surface area contributed by atoms with Gasteiger partial charge in [0.05, 0.1) is 13.1 Å². The maximum atomic E-state index is 12.7. The number of carbonyl (C=O) groups is 5. The molecule has 178 valence electrons. The number of hydrogen-bond acceptors (Lipinski definition) is 7. The molecule has 0 saturated carbocycles. The van der Waals surface area contributed by atoms with Crippen LogP contribution in [0.4, 0.5) is 0 Å². The first kappa shape index (κ1) is 28.9. The van der Waals surface area contributed by atoms with Crippen molar-refractivity contribution in [3.05, 3.63) is 35.9 Å². The lowest BCUT2D eigenvalue weighted by molar-refractivity contribution is -0.134. The zero-order valence-electron chi connectivity index (χ0n) is 18.1. The van der Waals surface area contributed by atoms with Crippen molar-refractivity contribution < 1.29 is 29.1 Å². The molecule has 0 bridgehead atoms. The van der Waals surface area contributed by atoms with Crippen LogP contribution in [0.1, 0.15) is 18.9 Å². The Bertz CT molecular complexity index is 758. The molecule has 1 aromatic carbocycles. The zero-order valence-corrected chi connectivity index (χ0v) is 18.9. The van der Waals surface area contributed by atoms with Gasteiger partial charge in [-0.1, -0.05) is 30.3 Å². The van der Waals surface area contributed by atoms with E-state index in [1.54, 1.807) is 0 Å². The van der Waals surface area contributed by atoms with Crippen molar-refractivity contribution >= 4 is 41.4 Å². The molecule has 0 saturated heterocycles. The maximum Gasteiger partial charge on any atom is 0.300 e. The molecule has 0 aliphatic carbocycles. The Morgan fingerprint density at radius 3 is 2.12 bits per heavy atom. The van der Waals surface area contributed by atoms with E-state index in [4.69, 9.17) is 21.4 Å². The van der Waals surface area contributed by atoms with Crippen molar-refractivity contribution in [2.75, 3.05) is 25.1 Å². The average molecular weight is 470 g/mol. The first-order valence-corrected chi connectivity index (χ1v) is 11.1. The summed E-state index contributed by atoms with van der Waals surface area (Å²) in [6.07, 6.45) is 2.49. The van der Waals surface area contributed by atoms with Gasteiger partial charge in [0.1, 0.15) is 12.1 Å². The van der Waals surface area contributed by atoms with Gasteiger partial charge in [0.15, 0.2) is 0 Å².